The summed E-state index contributed by atoms with van der Waals surface area (Å²) in [5.41, 5.74) is 0.476. The lowest BCUT2D eigenvalue weighted by molar-refractivity contribution is -0.155. The van der Waals surface area contributed by atoms with Crippen molar-refractivity contribution in [1.82, 2.24) is 0 Å². The van der Waals surface area contributed by atoms with E-state index in [1.54, 1.807) is 0 Å². The highest BCUT2D eigenvalue weighted by atomic mass is 16.6. The molecule has 0 bridgehead atoms. The Balaban J connectivity index is 2.44. The molecule has 2 rings (SSSR count). The fraction of sp³-hybridized carbons (Fsp3) is 0.364. The minimum absolute atomic E-state index is 0.153. The molecule has 0 saturated heterocycles. The SMILES string of the molecule is CC(C)(C)OC(=O)C[C@@H](c1ccccc1)[C@@](C)(C#N)c1ccccc1. The number of hydrogen-bond acceptors (Lipinski definition) is 3. The van der Waals surface area contributed by atoms with Gasteiger partial charge < -0.3 is 4.74 Å². The number of nitriles is 1. The first-order valence-corrected chi connectivity index (χ1v) is 8.50. The van der Waals surface area contributed by atoms with E-state index in [2.05, 4.69) is 6.07 Å². The van der Waals surface area contributed by atoms with Gasteiger partial charge in [-0.25, -0.2) is 0 Å². The standard InChI is InChI=1S/C22H25NO2/c1-21(2,3)25-20(24)15-19(17-11-7-5-8-12-17)22(4,16-23)18-13-9-6-10-14-18/h5-14,19H,15H2,1-4H3/t19-,22-/m0/s1. The van der Waals surface area contributed by atoms with Crippen LogP contribution in [0.3, 0.4) is 0 Å². The van der Waals surface area contributed by atoms with Crippen LogP contribution in [-0.4, -0.2) is 11.6 Å². The third-order valence-corrected chi connectivity index (χ3v) is 4.30. The first kappa shape index (κ1) is 18.7. The minimum Gasteiger partial charge on any atom is -0.460 e. The zero-order valence-corrected chi connectivity index (χ0v) is 15.3. The molecule has 0 saturated carbocycles. The van der Waals surface area contributed by atoms with Gasteiger partial charge in [0, 0.05) is 5.92 Å². The van der Waals surface area contributed by atoms with Gasteiger partial charge in [0.1, 0.15) is 5.60 Å². The van der Waals surface area contributed by atoms with Crippen LogP contribution in [0.15, 0.2) is 60.7 Å². The molecule has 0 unspecified atom stereocenters. The highest BCUT2D eigenvalue weighted by Gasteiger charge is 2.39. The summed E-state index contributed by atoms with van der Waals surface area (Å²) in [5.74, 6) is -0.588. The summed E-state index contributed by atoms with van der Waals surface area (Å²) >= 11 is 0. The Hall–Kier alpha value is -2.60. The van der Waals surface area contributed by atoms with Gasteiger partial charge in [-0.2, -0.15) is 5.26 Å². The molecule has 0 aromatic heterocycles. The maximum absolute atomic E-state index is 12.5. The van der Waals surface area contributed by atoms with Crippen LogP contribution in [0, 0.1) is 11.3 Å². The molecule has 3 nitrogen and oxygen atoms in total. The third kappa shape index (κ3) is 4.70. The van der Waals surface area contributed by atoms with Crippen molar-refractivity contribution >= 4 is 5.97 Å². The molecule has 2 aromatic rings. The van der Waals surface area contributed by atoms with E-state index in [9.17, 15) is 10.1 Å². The summed E-state index contributed by atoms with van der Waals surface area (Å²) in [5, 5.41) is 10.0. The van der Waals surface area contributed by atoms with Gasteiger partial charge in [-0.05, 0) is 38.8 Å². The Kier molecular flexibility index (Phi) is 5.64. The number of rotatable bonds is 5. The maximum Gasteiger partial charge on any atom is 0.306 e. The summed E-state index contributed by atoms with van der Waals surface area (Å²) in [6, 6.07) is 21.8. The highest BCUT2D eigenvalue weighted by molar-refractivity contribution is 5.72. The van der Waals surface area contributed by atoms with Gasteiger partial charge in [0.25, 0.3) is 0 Å². The lowest BCUT2D eigenvalue weighted by atomic mass is 9.68. The quantitative estimate of drug-likeness (QED) is 0.724. The maximum atomic E-state index is 12.5. The number of hydrogen-bond donors (Lipinski definition) is 0. The van der Waals surface area contributed by atoms with Crippen molar-refractivity contribution in [2.45, 2.75) is 51.0 Å². The van der Waals surface area contributed by atoms with Crippen LogP contribution < -0.4 is 0 Å². The second-order valence-electron chi connectivity index (χ2n) is 7.43. The van der Waals surface area contributed by atoms with Crippen LogP contribution in [0.2, 0.25) is 0 Å². The minimum atomic E-state index is -0.834. The topological polar surface area (TPSA) is 50.1 Å². The first-order valence-electron chi connectivity index (χ1n) is 8.50. The highest BCUT2D eigenvalue weighted by Crippen LogP contribution is 2.41. The predicted octanol–water partition coefficient (Wildman–Crippen LogP) is 4.98. The van der Waals surface area contributed by atoms with E-state index < -0.39 is 11.0 Å². The largest absolute Gasteiger partial charge is 0.460 e. The van der Waals surface area contributed by atoms with Crippen molar-refractivity contribution in [3.05, 3.63) is 71.8 Å². The van der Waals surface area contributed by atoms with E-state index in [1.807, 2.05) is 88.4 Å². The Labute approximate surface area is 150 Å². The van der Waals surface area contributed by atoms with E-state index >= 15 is 0 Å². The first-order chi connectivity index (χ1) is 11.8. The van der Waals surface area contributed by atoms with Crippen LogP contribution in [0.25, 0.3) is 0 Å². The van der Waals surface area contributed by atoms with E-state index in [0.29, 0.717) is 0 Å². The van der Waals surface area contributed by atoms with Gasteiger partial charge >= 0.3 is 5.97 Å². The summed E-state index contributed by atoms with van der Waals surface area (Å²) in [4.78, 5) is 12.5. The fourth-order valence-corrected chi connectivity index (χ4v) is 3.02. The molecule has 0 heterocycles. The molecule has 0 N–H and O–H groups in total. The average Bonchev–Trinajstić information content (AvgIpc) is 2.59. The van der Waals surface area contributed by atoms with Gasteiger partial charge in [0.05, 0.1) is 17.9 Å². The number of nitrogens with zero attached hydrogens (tertiary/aromatic N) is 1. The molecule has 2 atom stereocenters. The van der Waals surface area contributed by atoms with Crippen LogP contribution >= 0.6 is 0 Å². The Morgan fingerprint density at radius 3 is 2.00 bits per heavy atom. The zero-order valence-electron chi connectivity index (χ0n) is 15.3. The lowest BCUT2D eigenvalue weighted by Gasteiger charge is -2.33. The second kappa shape index (κ2) is 7.53. The molecule has 3 heteroatoms. The fourth-order valence-electron chi connectivity index (χ4n) is 3.02. The van der Waals surface area contributed by atoms with Crippen LogP contribution in [0.1, 0.15) is 51.2 Å². The van der Waals surface area contributed by atoms with Crippen molar-refractivity contribution in [2.75, 3.05) is 0 Å². The summed E-state index contributed by atoms with van der Waals surface area (Å²) in [6.07, 6.45) is 0.153. The smallest absolute Gasteiger partial charge is 0.306 e. The number of benzene rings is 2. The van der Waals surface area contributed by atoms with Crippen molar-refractivity contribution in [2.24, 2.45) is 0 Å². The number of carbonyl (C=O) groups is 1. The van der Waals surface area contributed by atoms with Crippen molar-refractivity contribution in [3.8, 4) is 6.07 Å². The van der Waals surface area contributed by atoms with E-state index in [-0.39, 0.29) is 18.3 Å². The third-order valence-electron chi connectivity index (χ3n) is 4.30. The Morgan fingerprint density at radius 2 is 1.52 bits per heavy atom. The van der Waals surface area contributed by atoms with Gasteiger partial charge in [-0.3, -0.25) is 4.79 Å². The van der Waals surface area contributed by atoms with E-state index in [4.69, 9.17) is 4.74 Å². The molecule has 0 spiro atoms. The Morgan fingerprint density at radius 1 is 1.00 bits per heavy atom. The molecular weight excluding hydrogens is 310 g/mol. The lowest BCUT2D eigenvalue weighted by Crippen LogP contribution is -2.33. The molecule has 0 amide bonds. The Bertz CT molecular complexity index is 741. The van der Waals surface area contributed by atoms with Gasteiger partial charge in [0.2, 0.25) is 0 Å². The molecule has 0 radical (unpaired) electrons. The summed E-state index contributed by atoms with van der Waals surface area (Å²) < 4.78 is 5.52. The average molecular weight is 335 g/mol. The summed E-state index contributed by atoms with van der Waals surface area (Å²) in [6.45, 7) is 7.44. The normalized spacial score (nSPS) is 14.8. The zero-order chi connectivity index (χ0) is 18.5. The van der Waals surface area contributed by atoms with Crippen LogP contribution in [-0.2, 0) is 14.9 Å². The number of esters is 1. The molecule has 0 aliphatic heterocycles. The van der Waals surface area contributed by atoms with Gasteiger partial charge in [0.15, 0.2) is 0 Å². The monoisotopic (exact) mass is 335 g/mol. The van der Waals surface area contributed by atoms with Gasteiger partial charge in [-0.1, -0.05) is 60.7 Å². The number of ether oxygens (including phenoxy) is 1. The van der Waals surface area contributed by atoms with Gasteiger partial charge in [-0.15, -0.1) is 0 Å². The molecule has 0 aliphatic carbocycles. The molecule has 130 valence electrons. The molecule has 2 aromatic carbocycles. The molecule has 25 heavy (non-hydrogen) atoms. The summed E-state index contributed by atoms with van der Waals surface area (Å²) in [7, 11) is 0. The second-order valence-corrected chi connectivity index (χ2v) is 7.43. The van der Waals surface area contributed by atoms with E-state index in [0.717, 1.165) is 11.1 Å². The molecule has 0 aliphatic rings. The van der Waals surface area contributed by atoms with E-state index in [1.165, 1.54) is 0 Å². The molecule has 0 fully saturated rings. The predicted molar refractivity (Wildman–Crippen MR) is 99.1 cm³/mol. The van der Waals surface area contributed by atoms with Crippen molar-refractivity contribution < 1.29 is 9.53 Å². The van der Waals surface area contributed by atoms with Crippen molar-refractivity contribution in [3.63, 3.8) is 0 Å². The number of carbonyl (C=O) groups excluding carboxylic acids is 1. The molecular formula is C22H25NO2. The van der Waals surface area contributed by atoms with Crippen molar-refractivity contribution in [1.29, 1.82) is 5.26 Å². The van der Waals surface area contributed by atoms with Crippen LogP contribution in [0.4, 0.5) is 0 Å². The van der Waals surface area contributed by atoms with Crippen LogP contribution in [0.5, 0.6) is 0 Å².